The third kappa shape index (κ3) is 0.753. The number of piperidine rings is 1. The zero-order chi connectivity index (χ0) is 6.97. The minimum absolute atomic E-state index is 0.334. The first-order chi connectivity index (χ1) is 4.88. The summed E-state index contributed by atoms with van der Waals surface area (Å²) >= 11 is 0. The predicted octanol–water partition coefficient (Wildman–Crippen LogP) is 0.937. The molecule has 54 valence electrons. The van der Waals surface area contributed by atoms with E-state index in [4.69, 9.17) is 0 Å². The summed E-state index contributed by atoms with van der Waals surface area (Å²) in [6.45, 7) is 0.851. The highest BCUT2D eigenvalue weighted by molar-refractivity contribution is 5.78. The van der Waals surface area contributed by atoms with E-state index in [1.165, 1.54) is 6.42 Å². The van der Waals surface area contributed by atoms with Crippen molar-refractivity contribution >= 4 is 5.91 Å². The van der Waals surface area contributed by atoms with Gasteiger partial charge in [0.25, 0.3) is 0 Å². The second-order valence-corrected chi connectivity index (χ2v) is 2.93. The van der Waals surface area contributed by atoms with Crippen LogP contribution in [0.1, 0.15) is 19.3 Å². The van der Waals surface area contributed by atoms with Crippen molar-refractivity contribution in [2.45, 2.75) is 25.3 Å². The summed E-state index contributed by atoms with van der Waals surface area (Å²) < 4.78 is 0. The van der Waals surface area contributed by atoms with Crippen LogP contribution in [0, 0.1) is 0 Å². The highest BCUT2D eigenvalue weighted by Crippen LogP contribution is 2.22. The van der Waals surface area contributed by atoms with Crippen molar-refractivity contribution in [2.75, 3.05) is 6.54 Å². The zero-order valence-electron chi connectivity index (χ0n) is 5.92. The fourth-order valence-electron chi connectivity index (χ4n) is 1.72. The Kier molecular flexibility index (Phi) is 1.26. The standard InChI is InChI=1S/C8H11NO/c10-8-5-1-3-7-4-2-6-9(7)8/h2,4,7H,1,3,5-6H2. The topological polar surface area (TPSA) is 20.3 Å². The molecule has 2 rings (SSSR count). The normalized spacial score (nSPS) is 31.0. The Morgan fingerprint density at radius 3 is 3.30 bits per heavy atom. The van der Waals surface area contributed by atoms with Crippen molar-refractivity contribution in [1.82, 2.24) is 4.90 Å². The highest BCUT2D eigenvalue weighted by atomic mass is 16.2. The first-order valence-electron chi connectivity index (χ1n) is 3.84. The number of rotatable bonds is 0. The SMILES string of the molecule is O=C1CCCC2C=CCN12. The Balaban J connectivity index is 2.14. The van der Waals surface area contributed by atoms with Gasteiger partial charge in [0.1, 0.15) is 0 Å². The van der Waals surface area contributed by atoms with E-state index in [1.54, 1.807) is 0 Å². The molecule has 1 saturated heterocycles. The van der Waals surface area contributed by atoms with Crippen molar-refractivity contribution in [1.29, 1.82) is 0 Å². The number of hydrogen-bond acceptors (Lipinski definition) is 1. The van der Waals surface area contributed by atoms with Crippen molar-refractivity contribution in [3.05, 3.63) is 12.2 Å². The van der Waals surface area contributed by atoms with Gasteiger partial charge in [-0.15, -0.1) is 0 Å². The molecule has 0 aliphatic carbocycles. The van der Waals surface area contributed by atoms with Gasteiger partial charge in [-0.05, 0) is 12.8 Å². The molecule has 10 heavy (non-hydrogen) atoms. The lowest BCUT2D eigenvalue weighted by Gasteiger charge is -2.28. The highest BCUT2D eigenvalue weighted by Gasteiger charge is 2.27. The monoisotopic (exact) mass is 137 g/mol. The molecule has 0 radical (unpaired) electrons. The Bertz CT molecular complexity index is 186. The maximum Gasteiger partial charge on any atom is 0.223 e. The number of amides is 1. The molecule has 1 fully saturated rings. The van der Waals surface area contributed by atoms with Crippen LogP contribution in [0.15, 0.2) is 12.2 Å². The minimum atomic E-state index is 0.334. The van der Waals surface area contributed by atoms with Gasteiger partial charge in [0.15, 0.2) is 0 Å². The Morgan fingerprint density at radius 1 is 1.60 bits per heavy atom. The van der Waals surface area contributed by atoms with Gasteiger partial charge >= 0.3 is 0 Å². The van der Waals surface area contributed by atoms with E-state index >= 15 is 0 Å². The van der Waals surface area contributed by atoms with E-state index in [9.17, 15) is 4.79 Å². The van der Waals surface area contributed by atoms with E-state index in [1.807, 2.05) is 4.90 Å². The molecule has 1 unspecified atom stereocenters. The predicted molar refractivity (Wildman–Crippen MR) is 38.5 cm³/mol. The molecule has 1 atom stereocenters. The second kappa shape index (κ2) is 2.11. The molecule has 2 heterocycles. The summed E-state index contributed by atoms with van der Waals surface area (Å²) in [5, 5.41) is 0. The fraction of sp³-hybridized carbons (Fsp3) is 0.625. The van der Waals surface area contributed by atoms with E-state index in [0.29, 0.717) is 11.9 Å². The van der Waals surface area contributed by atoms with Crippen molar-refractivity contribution < 1.29 is 4.79 Å². The van der Waals surface area contributed by atoms with Gasteiger partial charge in [-0.3, -0.25) is 4.79 Å². The van der Waals surface area contributed by atoms with Gasteiger partial charge in [0.2, 0.25) is 5.91 Å². The first-order valence-corrected chi connectivity index (χ1v) is 3.84. The van der Waals surface area contributed by atoms with E-state index in [0.717, 1.165) is 19.4 Å². The van der Waals surface area contributed by atoms with Crippen LogP contribution in [0.4, 0.5) is 0 Å². The minimum Gasteiger partial charge on any atom is -0.333 e. The van der Waals surface area contributed by atoms with Gasteiger partial charge in [-0.1, -0.05) is 12.2 Å². The third-order valence-corrected chi connectivity index (χ3v) is 2.27. The number of carbonyl (C=O) groups is 1. The molecule has 2 aliphatic heterocycles. The van der Waals surface area contributed by atoms with E-state index < -0.39 is 0 Å². The largest absolute Gasteiger partial charge is 0.333 e. The van der Waals surface area contributed by atoms with Gasteiger partial charge in [0, 0.05) is 13.0 Å². The van der Waals surface area contributed by atoms with Gasteiger partial charge in [-0.25, -0.2) is 0 Å². The lowest BCUT2D eigenvalue weighted by molar-refractivity contribution is -0.133. The van der Waals surface area contributed by atoms with Crippen molar-refractivity contribution in [2.24, 2.45) is 0 Å². The Labute approximate surface area is 60.5 Å². The van der Waals surface area contributed by atoms with Crippen LogP contribution >= 0.6 is 0 Å². The quantitative estimate of drug-likeness (QED) is 0.455. The lowest BCUT2D eigenvalue weighted by atomic mass is 10.0. The molecule has 1 amide bonds. The first kappa shape index (κ1) is 5.96. The second-order valence-electron chi connectivity index (χ2n) is 2.93. The molecule has 0 aromatic carbocycles. The van der Waals surface area contributed by atoms with Crippen LogP contribution in [0.3, 0.4) is 0 Å². The lowest BCUT2D eigenvalue weighted by Crippen LogP contribution is -2.39. The van der Waals surface area contributed by atoms with Gasteiger partial charge < -0.3 is 4.90 Å². The fourth-order valence-corrected chi connectivity index (χ4v) is 1.72. The average molecular weight is 137 g/mol. The summed E-state index contributed by atoms with van der Waals surface area (Å²) in [7, 11) is 0. The van der Waals surface area contributed by atoms with Gasteiger partial charge in [-0.2, -0.15) is 0 Å². The van der Waals surface area contributed by atoms with E-state index in [2.05, 4.69) is 12.2 Å². The Hall–Kier alpha value is -0.790. The van der Waals surface area contributed by atoms with Crippen molar-refractivity contribution in [3.63, 3.8) is 0 Å². The molecule has 2 nitrogen and oxygen atoms in total. The zero-order valence-corrected chi connectivity index (χ0v) is 5.92. The molecular weight excluding hydrogens is 126 g/mol. The molecule has 2 aliphatic rings. The van der Waals surface area contributed by atoms with Crippen LogP contribution in [-0.4, -0.2) is 23.4 Å². The Morgan fingerprint density at radius 2 is 2.50 bits per heavy atom. The van der Waals surface area contributed by atoms with E-state index in [-0.39, 0.29) is 0 Å². The molecule has 0 saturated carbocycles. The van der Waals surface area contributed by atoms with Crippen molar-refractivity contribution in [3.8, 4) is 0 Å². The maximum atomic E-state index is 11.2. The molecule has 0 aromatic rings. The summed E-state index contributed by atoms with van der Waals surface area (Å²) in [5.74, 6) is 0.334. The molecule has 0 aromatic heterocycles. The molecule has 0 bridgehead atoms. The number of hydrogen-bond donors (Lipinski definition) is 0. The van der Waals surface area contributed by atoms with Crippen LogP contribution < -0.4 is 0 Å². The molecular formula is C8H11NO. The summed E-state index contributed by atoms with van der Waals surface area (Å²) in [5.41, 5.74) is 0. The summed E-state index contributed by atoms with van der Waals surface area (Å²) in [4.78, 5) is 13.1. The smallest absolute Gasteiger partial charge is 0.223 e. The maximum absolute atomic E-state index is 11.2. The molecule has 0 spiro atoms. The van der Waals surface area contributed by atoms with Gasteiger partial charge in [0.05, 0.1) is 6.04 Å². The number of carbonyl (C=O) groups excluding carboxylic acids is 1. The summed E-state index contributed by atoms with van der Waals surface area (Å²) in [6, 6.07) is 0.446. The van der Waals surface area contributed by atoms with Crippen LogP contribution in [0.25, 0.3) is 0 Å². The third-order valence-electron chi connectivity index (χ3n) is 2.27. The summed E-state index contributed by atoms with van der Waals surface area (Å²) in [6.07, 6.45) is 7.25. The molecule has 2 heteroatoms. The van der Waals surface area contributed by atoms with Crippen LogP contribution in [-0.2, 0) is 4.79 Å². The number of nitrogens with zero attached hydrogens (tertiary/aromatic N) is 1. The average Bonchev–Trinajstić information content (AvgIpc) is 2.36. The molecule has 0 N–H and O–H groups in total. The number of fused-ring (bicyclic) bond motifs is 1. The van der Waals surface area contributed by atoms with Crippen LogP contribution in [0.5, 0.6) is 0 Å². The van der Waals surface area contributed by atoms with Crippen LogP contribution in [0.2, 0.25) is 0 Å².